The monoisotopic (exact) mass is 270 g/mol. The number of hydrogen-bond acceptors (Lipinski definition) is 3. The fraction of sp³-hybridized carbons (Fsp3) is 0.353. The summed E-state index contributed by atoms with van der Waals surface area (Å²) in [5, 5.41) is 3.58. The summed E-state index contributed by atoms with van der Waals surface area (Å²) in [5.41, 5.74) is 3.55. The van der Waals surface area contributed by atoms with E-state index >= 15 is 0 Å². The van der Waals surface area contributed by atoms with Gasteiger partial charge < -0.3 is 10.1 Å². The molecule has 1 N–H and O–H groups in total. The van der Waals surface area contributed by atoms with Gasteiger partial charge in [0.05, 0.1) is 7.11 Å². The maximum atomic E-state index is 5.19. The zero-order valence-electron chi connectivity index (χ0n) is 12.4. The van der Waals surface area contributed by atoms with Crippen molar-refractivity contribution >= 4 is 0 Å². The van der Waals surface area contributed by atoms with Crippen LogP contribution < -0.4 is 10.1 Å². The summed E-state index contributed by atoms with van der Waals surface area (Å²) in [7, 11) is 1.69. The summed E-state index contributed by atoms with van der Waals surface area (Å²) in [6, 6.07) is 12.8. The highest BCUT2D eigenvalue weighted by molar-refractivity contribution is 5.29. The van der Waals surface area contributed by atoms with Gasteiger partial charge in [-0.1, -0.05) is 25.1 Å². The highest BCUT2D eigenvalue weighted by Gasteiger charge is 2.08. The second-order valence-corrected chi connectivity index (χ2v) is 4.92. The predicted molar refractivity (Wildman–Crippen MR) is 81.8 cm³/mol. The van der Waals surface area contributed by atoms with Gasteiger partial charge >= 0.3 is 0 Å². The van der Waals surface area contributed by atoms with Gasteiger partial charge in [0.1, 0.15) is 5.75 Å². The van der Waals surface area contributed by atoms with E-state index in [0.29, 0.717) is 6.04 Å². The SMILES string of the molecule is CCC(NCc1ccc(C)nc1)c1ccc(OC)cc1. The predicted octanol–water partition coefficient (Wildman–Crippen LogP) is 3.64. The molecule has 2 rings (SSSR count). The number of rotatable bonds is 6. The van der Waals surface area contributed by atoms with Crippen LogP contribution in [0.3, 0.4) is 0 Å². The largest absolute Gasteiger partial charge is 0.497 e. The van der Waals surface area contributed by atoms with Crippen molar-refractivity contribution in [2.45, 2.75) is 32.9 Å². The van der Waals surface area contributed by atoms with E-state index in [1.165, 1.54) is 11.1 Å². The Morgan fingerprint density at radius 3 is 2.45 bits per heavy atom. The van der Waals surface area contributed by atoms with E-state index < -0.39 is 0 Å². The Hall–Kier alpha value is -1.87. The van der Waals surface area contributed by atoms with E-state index in [4.69, 9.17) is 4.74 Å². The molecular formula is C17H22N2O. The van der Waals surface area contributed by atoms with Gasteiger partial charge in [0.25, 0.3) is 0 Å². The molecule has 0 fully saturated rings. The van der Waals surface area contributed by atoms with Gasteiger partial charge in [-0.25, -0.2) is 0 Å². The molecule has 1 unspecified atom stereocenters. The molecule has 0 bridgehead atoms. The first-order chi connectivity index (χ1) is 9.72. The molecule has 1 atom stereocenters. The topological polar surface area (TPSA) is 34.2 Å². The standard InChI is InChI=1S/C17H22N2O/c1-4-17(15-7-9-16(20-3)10-8-15)19-12-14-6-5-13(2)18-11-14/h5-11,17,19H,4,12H2,1-3H3. The molecule has 0 aliphatic heterocycles. The van der Waals surface area contributed by atoms with Crippen molar-refractivity contribution in [3.63, 3.8) is 0 Å². The van der Waals surface area contributed by atoms with Gasteiger partial charge in [-0.15, -0.1) is 0 Å². The van der Waals surface area contributed by atoms with Crippen LogP contribution in [0.2, 0.25) is 0 Å². The molecule has 0 aliphatic carbocycles. The Morgan fingerprint density at radius 2 is 1.90 bits per heavy atom. The van der Waals surface area contributed by atoms with Crippen LogP contribution in [0.1, 0.15) is 36.2 Å². The zero-order valence-corrected chi connectivity index (χ0v) is 12.4. The van der Waals surface area contributed by atoms with E-state index in [1.807, 2.05) is 31.3 Å². The quantitative estimate of drug-likeness (QED) is 0.870. The molecule has 2 aromatic rings. The number of aromatic nitrogens is 1. The molecule has 1 aromatic heterocycles. The van der Waals surface area contributed by atoms with Gasteiger partial charge in [-0.2, -0.15) is 0 Å². The number of nitrogens with zero attached hydrogens (tertiary/aromatic N) is 1. The molecule has 3 nitrogen and oxygen atoms in total. The van der Waals surface area contributed by atoms with Crippen LogP contribution in [-0.2, 0) is 6.54 Å². The van der Waals surface area contributed by atoms with Crippen molar-refractivity contribution in [1.82, 2.24) is 10.3 Å². The lowest BCUT2D eigenvalue weighted by atomic mass is 10.0. The van der Waals surface area contributed by atoms with E-state index in [2.05, 4.69) is 35.4 Å². The van der Waals surface area contributed by atoms with Crippen molar-refractivity contribution in [2.24, 2.45) is 0 Å². The minimum atomic E-state index is 0.349. The maximum Gasteiger partial charge on any atom is 0.118 e. The first-order valence-corrected chi connectivity index (χ1v) is 7.01. The summed E-state index contributed by atoms with van der Waals surface area (Å²) >= 11 is 0. The van der Waals surface area contributed by atoms with E-state index in [-0.39, 0.29) is 0 Å². The van der Waals surface area contributed by atoms with Gasteiger partial charge in [0.15, 0.2) is 0 Å². The summed E-state index contributed by atoms with van der Waals surface area (Å²) in [4.78, 5) is 4.32. The zero-order chi connectivity index (χ0) is 14.4. The Labute approximate surface area is 121 Å². The Balaban J connectivity index is 1.99. The number of aryl methyl sites for hydroxylation is 1. The number of benzene rings is 1. The van der Waals surface area contributed by atoms with Crippen LogP contribution in [0.4, 0.5) is 0 Å². The Bertz CT molecular complexity index is 520. The number of hydrogen-bond donors (Lipinski definition) is 1. The molecule has 106 valence electrons. The van der Waals surface area contributed by atoms with Gasteiger partial charge in [0, 0.05) is 24.5 Å². The van der Waals surface area contributed by atoms with E-state index in [1.54, 1.807) is 7.11 Å². The smallest absolute Gasteiger partial charge is 0.118 e. The van der Waals surface area contributed by atoms with Crippen LogP contribution in [0.25, 0.3) is 0 Å². The van der Waals surface area contributed by atoms with E-state index in [0.717, 1.165) is 24.4 Å². The minimum Gasteiger partial charge on any atom is -0.497 e. The molecule has 0 amide bonds. The number of methoxy groups -OCH3 is 1. The highest BCUT2D eigenvalue weighted by Crippen LogP contribution is 2.20. The van der Waals surface area contributed by atoms with Crippen LogP contribution in [0, 0.1) is 6.92 Å². The van der Waals surface area contributed by atoms with Gasteiger partial charge in [-0.05, 0) is 42.7 Å². The van der Waals surface area contributed by atoms with Crippen LogP contribution in [-0.4, -0.2) is 12.1 Å². The molecule has 1 heterocycles. The third-order valence-corrected chi connectivity index (χ3v) is 3.45. The molecule has 0 saturated carbocycles. The molecule has 0 radical (unpaired) electrons. The third-order valence-electron chi connectivity index (χ3n) is 3.45. The third kappa shape index (κ3) is 3.81. The van der Waals surface area contributed by atoms with Crippen molar-refractivity contribution in [1.29, 1.82) is 0 Å². The fourth-order valence-electron chi connectivity index (χ4n) is 2.18. The highest BCUT2D eigenvalue weighted by atomic mass is 16.5. The van der Waals surface area contributed by atoms with Crippen molar-refractivity contribution in [3.05, 3.63) is 59.4 Å². The first kappa shape index (κ1) is 14.5. The lowest BCUT2D eigenvalue weighted by Crippen LogP contribution is -2.20. The van der Waals surface area contributed by atoms with E-state index in [9.17, 15) is 0 Å². The summed E-state index contributed by atoms with van der Waals surface area (Å²) < 4.78 is 5.19. The summed E-state index contributed by atoms with van der Waals surface area (Å²) in [6.45, 7) is 5.02. The molecule has 0 saturated heterocycles. The Kier molecular flexibility index (Phi) is 5.13. The van der Waals surface area contributed by atoms with Crippen molar-refractivity contribution in [2.75, 3.05) is 7.11 Å². The molecule has 1 aromatic carbocycles. The molecule has 20 heavy (non-hydrogen) atoms. The normalized spacial score (nSPS) is 12.2. The van der Waals surface area contributed by atoms with Crippen LogP contribution in [0.15, 0.2) is 42.6 Å². The first-order valence-electron chi connectivity index (χ1n) is 7.01. The molecule has 0 aliphatic rings. The number of nitrogens with one attached hydrogen (secondary N) is 1. The lowest BCUT2D eigenvalue weighted by molar-refractivity contribution is 0.414. The van der Waals surface area contributed by atoms with Crippen LogP contribution in [0.5, 0.6) is 5.75 Å². The average molecular weight is 270 g/mol. The Morgan fingerprint density at radius 1 is 1.15 bits per heavy atom. The van der Waals surface area contributed by atoms with Crippen molar-refractivity contribution < 1.29 is 4.74 Å². The lowest BCUT2D eigenvalue weighted by Gasteiger charge is -2.18. The summed E-state index contributed by atoms with van der Waals surface area (Å²) in [5.74, 6) is 0.895. The molecule has 0 spiro atoms. The molecular weight excluding hydrogens is 248 g/mol. The number of pyridine rings is 1. The summed E-state index contributed by atoms with van der Waals surface area (Å²) in [6.07, 6.45) is 2.98. The van der Waals surface area contributed by atoms with Gasteiger partial charge in [0.2, 0.25) is 0 Å². The maximum absolute atomic E-state index is 5.19. The second-order valence-electron chi connectivity index (χ2n) is 4.92. The second kappa shape index (κ2) is 7.06. The van der Waals surface area contributed by atoms with Crippen LogP contribution >= 0.6 is 0 Å². The van der Waals surface area contributed by atoms with Gasteiger partial charge in [-0.3, -0.25) is 4.98 Å². The fourth-order valence-corrected chi connectivity index (χ4v) is 2.18. The van der Waals surface area contributed by atoms with Crippen molar-refractivity contribution in [3.8, 4) is 5.75 Å². The number of ether oxygens (including phenoxy) is 1. The minimum absolute atomic E-state index is 0.349. The average Bonchev–Trinajstić information content (AvgIpc) is 2.50. The molecule has 3 heteroatoms.